The van der Waals surface area contributed by atoms with Crippen molar-refractivity contribution in [3.05, 3.63) is 34.3 Å². The van der Waals surface area contributed by atoms with Crippen LogP contribution < -0.4 is 10.6 Å². The Hall–Kier alpha value is -0.870. The Morgan fingerprint density at radius 1 is 1.39 bits per heavy atom. The standard InChI is InChI=1S/C14H19BrN2O/c1-9(11-4-3-5-12(15)8-11)16-10(2)14(18)17-13-6-7-13/h3-5,8-10,13,16H,6-7H2,1-2H3,(H,17,18). The highest BCUT2D eigenvalue weighted by atomic mass is 79.9. The molecule has 1 fully saturated rings. The highest BCUT2D eigenvalue weighted by molar-refractivity contribution is 9.10. The molecule has 0 aliphatic heterocycles. The fourth-order valence-corrected chi connectivity index (χ4v) is 2.29. The van der Waals surface area contributed by atoms with E-state index in [0.29, 0.717) is 6.04 Å². The summed E-state index contributed by atoms with van der Waals surface area (Å²) >= 11 is 3.46. The molecular weight excluding hydrogens is 292 g/mol. The van der Waals surface area contributed by atoms with Gasteiger partial charge in [-0.1, -0.05) is 28.1 Å². The van der Waals surface area contributed by atoms with E-state index in [-0.39, 0.29) is 18.0 Å². The van der Waals surface area contributed by atoms with Crippen LogP contribution in [0.1, 0.15) is 38.3 Å². The second kappa shape index (κ2) is 5.85. The molecule has 0 aromatic heterocycles. The minimum Gasteiger partial charge on any atom is -0.352 e. The average Bonchev–Trinajstić information content (AvgIpc) is 3.12. The molecule has 1 aliphatic carbocycles. The van der Waals surface area contributed by atoms with E-state index in [0.717, 1.165) is 17.3 Å². The van der Waals surface area contributed by atoms with Gasteiger partial charge in [0, 0.05) is 16.6 Å². The normalized spacial score (nSPS) is 18.2. The SMILES string of the molecule is CC(NC(C)c1cccc(Br)c1)C(=O)NC1CC1. The topological polar surface area (TPSA) is 41.1 Å². The van der Waals surface area contributed by atoms with Gasteiger partial charge < -0.3 is 5.32 Å². The Balaban J connectivity index is 1.89. The Morgan fingerprint density at radius 2 is 2.11 bits per heavy atom. The third-order valence-corrected chi connectivity index (χ3v) is 3.66. The minimum absolute atomic E-state index is 0.0966. The first-order valence-corrected chi connectivity index (χ1v) is 7.17. The third kappa shape index (κ3) is 3.82. The van der Waals surface area contributed by atoms with E-state index in [4.69, 9.17) is 0 Å². The lowest BCUT2D eigenvalue weighted by atomic mass is 10.1. The summed E-state index contributed by atoms with van der Waals surface area (Å²) in [6.07, 6.45) is 2.25. The summed E-state index contributed by atoms with van der Waals surface area (Å²) in [5.74, 6) is 0.0966. The summed E-state index contributed by atoms with van der Waals surface area (Å²) < 4.78 is 1.06. The van der Waals surface area contributed by atoms with Crippen molar-refractivity contribution in [2.45, 2.75) is 44.8 Å². The van der Waals surface area contributed by atoms with E-state index < -0.39 is 0 Å². The van der Waals surface area contributed by atoms with Crippen molar-refractivity contribution in [1.82, 2.24) is 10.6 Å². The number of nitrogens with one attached hydrogen (secondary N) is 2. The van der Waals surface area contributed by atoms with Crippen molar-refractivity contribution in [3.8, 4) is 0 Å². The number of carbonyl (C=O) groups excluding carboxylic acids is 1. The quantitative estimate of drug-likeness (QED) is 0.878. The number of rotatable bonds is 5. The molecule has 0 radical (unpaired) electrons. The molecule has 98 valence electrons. The molecule has 0 heterocycles. The van der Waals surface area contributed by atoms with Gasteiger partial charge in [0.2, 0.25) is 5.91 Å². The van der Waals surface area contributed by atoms with Gasteiger partial charge in [0.1, 0.15) is 0 Å². The van der Waals surface area contributed by atoms with Crippen LogP contribution in [0.15, 0.2) is 28.7 Å². The Bertz CT molecular complexity index is 432. The lowest BCUT2D eigenvalue weighted by molar-refractivity contribution is -0.123. The summed E-state index contributed by atoms with van der Waals surface area (Å²) in [6, 6.07) is 8.55. The number of halogens is 1. The molecule has 1 aromatic rings. The maximum absolute atomic E-state index is 11.8. The van der Waals surface area contributed by atoms with Crippen LogP contribution >= 0.6 is 15.9 Å². The van der Waals surface area contributed by atoms with Crippen LogP contribution in [-0.2, 0) is 4.79 Å². The number of benzene rings is 1. The molecule has 2 atom stereocenters. The zero-order chi connectivity index (χ0) is 13.1. The monoisotopic (exact) mass is 310 g/mol. The molecule has 0 bridgehead atoms. The zero-order valence-corrected chi connectivity index (χ0v) is 12.3. The summed E-state index contributed by atoms with van der Waals surface area (Å²) in [5.41, 5.74) is 1.18. The van der Waals surface area contributed by atoms with Crippen LogP contribution in [0, 0.1) is 0 Å². The second-order valence-corrected chi connectivity index (χ2v) is 5.86. The first kappa shape index (κ1) is 13.6. The number of amides is 1. The maximum Gasteiger partial charge on any atom is 0.237 e. The molecule has 2 N–H and O–H groups in total. The number of hydrogen-bond acceptors (Lipinski definition) is 2. The van der Waals surface area contributed by atoms with Gasteiger partial charge >= 0.3 is 0 Å². The maximum atomic E-state index is 11.8. The van der Waals surface area contributed by atoms with E-state index >= 15 is 0 Å². The van der Waals surface area contributed by atoms with Crippen LogP contribution in [0.5, 0.6) is 0 Å². The fraction of sp³-hybridized carbons (Fsp3) is 0.500. The van der Waals surface area contributed by atoms with Crippen molar-refractivity contribution < 1.29 is 4.79 Å². The van der Waals surface area contributed by atoms with Gasteiger partial charge in [-0.15, -0.1) is 0 Å². The molecule has 2 rings (SSSR count). The van der Waals surface area contributed by atoms with E-state index in [1.165, 1.54) is 5.56 Å². The van der Waals surface area contributed by atoms with Gasteiger partial charge in [0.05, 0.1) is 6.04 Å². The van der Waals surface area contributed by atoms with Crippen molar-refractivity contribution in [2.75, 3.05) is 0 Å². The molecule has 3 nitrogen and oxygen atoms in total. The largest absolute Gasteiger partial charge is 0.352 e. The summed E-state index contributed by atoms with van der Waals surface area (Å²) in [6.45, 7) is 3.98. The van der Waals surface area contributed by atoms with Gasteiger partial charge in [-0.25, -0.2) is 0 Å². The third-order valence-electron chi connectivity index (χ3n) is 3.17. The Kier molecular flexibility index (Phi) is 4.40. The van der Waals surface area contributed by atoms with Gasteiger partial charge in [-0.3, -0.25) is 10.1 Å². The van der Waals surface area contributed by atoms with Crippen LogP contribution in [0.4, 0.5) is 0 Å². The number of carbonyl (C=O) groups is 1. The summed E-state index contributed by atoms with van der Waals surface area (Å²) in [4.78, 5) is 11.8. The van der Waals surface area contributed by atoms with Gasteiger partial charge in [0.25, 0.3) is 0 Å². The molecule has 4 heteroatoms. The molecule has 1 aromatic carbocycles. The molecule has 18 heavy (non-hydrogen) atoms. The van der Waals surface area contributed by atoms with Crippen molar-refractivity contribution in [2.24, 2.45) is 0 Å². The lowest BCUT2D eigenvalue weighted by Gasteiger charge is -2.20. The van der Waals surface area contributed by atoms with Crippen LogP contribution in [0.25, 0.3) is 0 Å². The van der Waals surface area contributed by atoms with Gasteiger partial charge in [-0.05, 0) is 44.4 Å². The highest BCUT2D eigenvalue weighted by Gasteiger charge is 2.26. The van der Waals surface area contributed by atoms with Crippen molar-refractivity contribution in [1.29, 1.82) is 0 Å². The predicted octanol–water partition coefficient (Wildman–Crippen LogP) is 2.77. The molecule has 1 amide bonds. The molecule has 0 saturated heterocycles. The van der Waals surface area contributed by atoms with Gasteiger partial charge in [-0.2, -0.15) is 0 Å². The Labute approximate surface area is 116 Å². The van der Waals surface area contributed by atoms with E-state index in [1.54, 1.807) is 0 Å². The van der Waals surface area contributed by atoms with E-state index in [9.17, 15) is 4.79 Å². The van der Waals surface area contributed by atoms with Gasteiger partial charge in [0.15, 0.2) is 0 Å². The molecule has 0 spiro atoms. The van der Waals surface area contributed by atoms with Crippen LogP contribution in [0.3, 0.4) is 0 Å². The van der Waals surface area contributed by atoms with Crippen LogP contribution in [-0.4, -0.2) is 18.0 Å². The Morgan fingerprint density at radius 3 is 2.72 bits per heavy atom. The van der Waals surface area contributed by atoms with Crippen LogP contribution in [0.2, 0.25) is 0 Å². The first-order chi connectivity index (χ1) is 8.56. The molecule has 1 saturated carbocycles. The predicted molar refractivity (Wildman–Crippen MR) is 76.3 cm³/mol. The molecule has 2 unspecified atom stereocenters. The highest BCUT2D eigenvalue weighted by Crippen LogP contribution is 2.20. The summed E-state index contributed by atoms with van der Waals surface area (Å²) in [7, 11) is 0. The smallest absolute Gasteiger partial charge is 0.237 e. The van der Waals surface area contributed by atoms with Crippen molar-refractivity contribution >= 4 is 21.8 Å². The number of hydrogen-bond donors (Lipinski definition) is 2. The fourth-order valence-electron chi connectivity index (χ4n) is 1.88. The molecule has 1 aliphatic rings. The minimum atomic E-state index is -0.167. The first-order valence-electron chi connectivity index (χ1n) is 6.38. The van der Waals surface area contributed by atoms with E-state index in [2.05, 4.69) is 45.6 Å². The lowest BCUT2D eigenvalue weighted by Crippen LogP contribution is -2.43. The van der Waals surface area contributed by atoms with Crippen molar-refractivity contribution in [3.63, 3.8) is 0 Å². The zero-order valence-electron chi connectivity index (χ0n) is 10.7. The summed E-state index contributed by atoms with van der Waals surface area (Å²) in [5, 5.41) is 6.33. The second-order valence-electron chi connectivity index (χ2n) is 4.95. The van der Waals surface area contributed by atoms with E-state index in [1.807, 2.05) is 19.1 Å². The molecular formula is C14H19BrN2O. The average molecular weight is 311 g/mol.